The first kappa shape index (κ1) is 17.1. The molecule has 1 N–H and O–H groups in total. The summed E-state index contributed by atoms with van der Waals surface area (Å²) < 4.78 is 10.9. The van der Waals surface area contributed by atoms with Gasteiger partial charge in [-0.25, -0.2) is 4.79 Å². The zero-order chi connectivity index (χ0) is 16.2. The van der Waals surface area contributed by atoms with Gasteiger partial charge in [-0.05, 0) is 46.5 Å². The van der Waals surface area contributed by atoms with Gasteiger partial charge in [0.25, 0.3) is 0 Å². The van der Waals surface area contributed by atoms with Crippen LogP contribution in [0.4, 0.5) is 4.79 Å². The van der Waals surface area contributed by atoms with Crippen LogP contribution in [-0.4, -0.2) is 54.8 Å². The van der Waals surface area contributed by atoms with E-state index < -0.39 is 5.60 Å². The second-order valence-corrected chi connectivity index (χ2v) is 7.15. The number of hydrogen-bond acceptors (Lipinski definition) is 4. The summed E-state index contributed by atoms with van der Waals surface area (Å²) >= 11 is 0. The smallest absolute Gasteiger partial charge is 0.410 e. The van der Waals surface area contributed by atoms with Gasteiger partial charge in [-0.3, -0.25) is 4.79 Å². The van der Waals surface area contributed by atoms with Crippen molar-refractivity contribution in [3.8, 4) is 0 Å². The number of likely N-dealkylation sites (tertiary alicyclic amines) is 1. The summed E-state index contributed by atoms with van der Waals surface area (Å²) in [5.41, 5.74) is -0.508. The van der Waals surface area contributed by atoms with Crippen LogP contribution in [-0.2, 0) is 14.3 Å². The molecule has 2 rings (SSSR count). The quantitative estimate of drug-likeness (QED) is 0.864. The van der Waals surface area contributed by atoms with E-state index in [-0.39, 0.29) is 24.0 Å². The molecule has 0 saturated carbocycles. The summed E-state index contributed by atoms with van der Waals surface area (Å²) in [5, 5.41) is 2.96. The van der Waals surface area contributed by atoms with E-state index in [9.17, 15) is 9.59 Å². The highest BCUT2D eigenvalue weighted by atomic mass is 16.6. The van der Waals surface area contributed by atoms with Crippen molar-refractivity contribution in [1.82, 2.24) is 10.2 Å². The Bertz CT molecular complexity index is 399. The van der Waals surface area contributed by atoms with Gasteiger partial charge in [-0.2, -0.15) is 0 Å². The molecule has 2 atom stereocenters. The van der Waals surface area contributed by atoms with Crippen LogP contribution in [0.3, 0.4) is 0 Å². The molecule has 6 nitrogen and oxygen atoms in total. The van der Waals surface area contributed by atoms with E-state index in [1.54, 1.807) is 4.90 Å². The first-order valence-corrected chi connectivity index (χ1v) is 8.22. The Morgan fingerprint density at radius 3 is 2.68 bits per heavy atom. The average molecular weight is 312 g/mol. The standard InChI is InChI=1S/C16H28N2O4/c1-16(2,3)22-15(20)18-8-4-6-12(11-18)14(19)17-10-13-7-5-9-21-13/h12-13H,4-11H2,1-3H3,(H,17,19)/t12-,13+/m0/s1. The van der Waals surface area contributed by atoms with Crippen LogP contribution in [0.2, 0.25) is 0 Å². The first-order chi connectivity index (χ1) is 10.3. The van der Waals surface area contributed by atoms with Crippen molar-refractivity contribution in [3.05, 3.63) is 0 Å². The van der Waals surface area contributed by atoms with Crippen LogP contribution >= 0.6 is 0 Å². The number of piperidine rings is 1. The monoisotopic (exact) mass is 312 g/mol. The lowest BCUT2D eigenvalue weighted by Gasteiger charge is -2.33. The van der Waals surface area contributed by atoms with Gasteiger partial charge >= 0.3 is 6.09 Å². The molecule has 2 heterocycles. The number of carbonyl (C=O) groups excluding carboxylic acids is 2. The van der Waals surface area contributed by atoms with Gasteiger partial charge in [-0.1, -0.05) is 0 Å². The highest BCUT2D eigenvalue weighted by Gasteiger charge is 2.31. The molecule has 2 amide bonds. The molecule has 0 unspecified atom stereocenters. The van der Waals surface area contributed by atoms with Crippen LogP contribution in [0.1, 0.15) is 46.5 Å². The third-order valence-corrected chi connectivity index (χ3v) is 3.97. The molecule has 126 valence electrons. The van der Waals surface area contributed by atoms with E-state index in [0.717, 1.165) is 32.3 Å². The Balaban J connectivity index is 1.79. The molecular formula is C16H28N2O4. The van der Waals surface area contributed by atoms with E-state index in [2.05, 4.69) is 5.32 Å². The Labute approximate surface area is 132 Å². The van der Waals surface area contributed by atoms with Crippen LogP contribution in [0.15, 0.2) is 0 Å². The first-order valence-electron chi connectivity index (χ1n) is 8.22. The fourth-order valence-corrected chi connectivity index (χ4v) is 2.85. The molecule has 2 aliphatic heterocycles. The van der Waals surface area contributed by atoms with Gasteiger partial charge in [0.15, 0.2) is 0 Å². The molecule has 0 aromatic rings. The van der Waals surface area contributed by atoms with Crippen molar-refractivity contribution in [2.24, 2.45) is 5.92 Å². The summed E-state index contributed by atoms with van der Waals surface area (Å²) in [7, 11) is 0. The molecule has 0 aliphatic carbocycles. The predicted octanol–water partition coefficient (Wildman–Crippen LogP) is 1.93. The summed E-state index contributed by atoms with van der Waals surface area (Å²) in [4.78, 5) is 26.0. The zero-order valence-electron chi connectivity index (χ0n) is 13.9. The SMILES string of the molecule is CC(C)(C)OC(=O)N1CCC[C@H](C(=O)NC[C@H]2CCCO2)C1. The molecule has 2 fully saturated rings. The molecule has 0 bridgehead atoms. The number of nitrogens with zero attached hydrogens (tertiary/aromatic N) is 1. The number of amides is 2. The maximum absolute atomic E-state index is 12.3. The maximum atomic E-state index is 12.3. The van der Waals surface area contributed by atoms with E-state index >= 15 is 0 Å². The molecule has 2 saturated heterocycles. The van der Waals surface area contributed by atoms with Gasteiger partial charge in [0.1, 0.15) is 5.60 Å². The largest absolute Gasteiger partial charge is 0.444 e. The number of rotatable bonds is 3. The van der Waals surface area contributed by atoms with E-state index in [4.69, 9.17) is 9.47 Å². The molecule has 2 aliphatic rings. The normalized spacial score (nSPS) is 25.9. The van der Waals surface area contributed by atoms with E-state index in [1.807, 2.05) is 20.8 Å². The number of hydrogen-bond donors (Lipinski definition) is 1. The third-order valence-electron chi connectivity index (χ3n) is 3.97. The maximum Gasteiger partial charge on any atom is 0.410 e. The lowest BCUT2D eigenvalue weighted by Crippen LogP contribution is -2.47. The Hall–Kier alpha value is -1.30. The van der Waals surface area contributed by atoms with E-state index in [1.165, 1.54) is 0 Å². The fraction of sp³-hybridized carbons (Fsp3) is 0.875. The molecule has 22 heavy (non-hydrogen) atoms. The van der Waals surface area contributed by atoms with Gasteiger partial charge in [-0.15, -0.1) is 0 Å². The van der Waals surface area contributed by atoms with Crippen molar-refractivity contribution in [1.29, 1.82) is 0 Å². The summed E-state index contributed by atoms with van der Waals surface area (Å²) in [6, 6.07) is 0. The van der Waals surface area contributed by atoms with Crippen molar-refractivity contribution >= 4 is 12.0 Å². The predicted molar refractivity (Wildman–Crippen MR) is 82.5 cm³/mol. The van der Waals surface area contributed by atoms with Crippen LogP contribution in [0.5, 0.6) is 0 Å². The minimum absolute atomic E-state index is 0.0174. The highest BCUT2D eigenvalue weighted by molar-refractivity contribution is 5.80. The lowest BCUT2D eigenvalue weighted by molar-refractivity contribution is -0.127. The molecule has 0 radical (unpaired) electrons. The second kappa shape index (κ2) is 7.31. The summed E-state index contributed by atoms with van der Waals surface area (Å²) in [5.74, 6) is -0.133. The molecular weight excluding hydrogens is 284 g/mol. The zero-order valence-corrected chi connectivity index (χ0v) is 13.9. The van der Waals surface area contributed by atoms with Gasteiger partial charge in [0, 0.05) is 26.2 Å². The molecule has 0 spiro atoms. The van der Waals surface area contributed by atoms with Crippen molar-refractivity contribution in [3.63, 3.8) is 0 Å². The van der Waals surface area contributed by atoms with Crippen molar-refractivity contribution < 1.29 is 19.1 Å². The van der Waals surface area contributed by atoms with Gasteiger partial charge < -0.3 is 19.7 Å². The lowest BCUT2D eigenvalue weighted by atomic mass is 9.97. The number of ether oxygens (including phenoxy) is 2. The second-order valence-electron chi connectivity index (χ2n) is 7.15. The van der Waals surface area contributed by atoms with E-state index in [0.29, 0.717) is 19.6 Å². The third kappa shape index (κ3) is 5.16. The summed E-state index contributed by atoms with van der Waals surface area (Å²) in [6.07, 6.45) is 3.54. The van der Waals surface area contributed by atoms with Gasteiger partial charge in [0.05, 0.1) is 12.0 Å². The molecule has 0 aromatic carbocycles. The van der Waals surface area contributed by atoms with Crippen molar-refractivity contribution in [2.45, 2.75) is 58.2 Å². The molecule has 6 heteroatoms. The molecule has 0 aromatic heterocycles. The fourth-order valence-electron chi connectivity index (χ4n) is 2.85. The van der Waals surface area contributed by atoms with Crippen LogP contribution in [0, 0.1) is 5.92 Å². The topological polar surface area (TPSA) is 67.9 Å². The Morgan fingerprint density at radius 1 is 1.27 bits per heavy atom. The van der Waals surface area contributed by atoms with Crippen LogP contribution in [0.25, 0.3) is 0 Å². The minimum Gasteiger partial charge on any atom is -0.444 e. The Kier molecular flexibility index (Phi) is 5.67. The highest BCUT2D eigenvalue weighted by Crippen LogP contribution is 2.20. The summed E-state index contributed by atoms with van der Waals surface area (Å²) in [6.45, 7) is 8.00. The average Bonchev–Trinajstić information content (AvgIpc) is 2.96. The Morgan fingerprint density at radius 2 is 2.05 bits per heavy atom. The van der Waals surface area contributed by atoms with Crippen molar-refractivity contribution in [2.75, 3.05) is 26.2 Å². The number of nitrogens with one attached hydrogen (secondary N) is 1. The number of carbonyl (C=O) groups is 2. The van der Waals surface area contributed by atoms with Crippen LogP contribution < -0.4 is 5.32 Å². The minimum atomic E-state index is -0.508. The van der Waals surface area contributed by atoms with Gasteiger partial charge in [0.2, 0.25) is 5.91 Å².